The summed E-state index contributed by atoms with van der Waals surface area (Å²) in [5, 5.41) is 0. The van der Waals surface area contributed by atoms with Gasteiger partial charge in [-0.05, 0) is 63.0 Å². The van der Waals surface area contributed by atoms with Crippen molar-refractivity contribution in [2.24, 2.45) is 17.6 Å². The quantitative estimate of drug-likeness (QED) is 0.886. The van der Waals surface area contributed by atoms with Crippen LogP contribution in [0.3, 0.4) is 0 Å². The predicted molar refractivity (Wildman–Crippen MR) is 93.7 cm³/mol. The molecule has 0 radical (unpaired) electrons. The highest BCUT2D eigenvalue weighted by Crippen LogP contribution is 2.31. The summed E-state index contributed by atoms with van der Waals surface area (Å²) >= 11 is 0. The maximum atomic E-state index is 6.51. The van der Waals surface area contributed by atoms with Gasteiger partial charge in [0.15, 0.2) is 0 Å². The molecule has 1 aromatic carbocycles. The molecule has 1 aliphatic heterocycles. The van der Waals surface area contributed by atoms with Crippen LogP contribution in [0.4, 0.5) is 0 Å². The number of rotatable bonds is 5. The Morgan fingerprint density at radius 1 is 1.18 bits per heavy atom. The zero-order chi connectivity index (χ0) is 15.4. The molecule has 22 heavy (non-hydrogen) atoms. The second-order valence-electron chi connectivity index (χ2n) is 7.68. The number of hydrogen-bond donors (Lipinski definition) is 1. The van der Waals surface area contributed by atoms with Crippen LogP contribution in [0.5, 0.6) is 0 Å². The molecule has 3 rings (SSSR count). The fourth-order valence-electron chi connectivity index (χ4n) is 4.52. The lowest BCUT2D eigenvalue weighted by atomic mass is 9.86. The van der Waals surface area contributed by atoms with Gasteiger partial charge in [0.25, 0.3) is 0 Å². The maximum absolute atomic E-state index is 6.51. The number of benzene rings is 1. The van der Waals surface area contributed by atoms with Gasteiger partial charge in [0.05, 0.1) is 0 Å². The summed E-state index contributed by atoms with van der Waals surface area (Å²) in [5.41, 5.74) is 9.34. The van der Waals surface area contributed by atoms with Gasteiger partial charge in [-0.25, -0.2) is 0 Å². The lowest BCUT2D eigenvalue weighted by Crippen LogP contribution is -2.39. The third-order valence-corrected chi connectivity index (χ3v) is 5.70. The molecule has 0 spiro atoms. The van der Waals surface area contributed by atoms with Crippen molar-refractivity contribution >= 4 is 0 Å². The average Bonchev–Trinajstić information content (AvgIpc) is 3.02. The van der Waals surface area contributed by atoms with E-state index in [1.165, 1.54) is 69.2 Å². The molecule has 2 heteroatoms. The van der Waals surface area contributed by atoms with E-state index in [1.54, 1.807) is 0 Å². The fraction of sp³-hybridized carbons (Fsp3) is 0.700. The van der Waals surface area contributed by atoms with Gasteiger partial charge >= 0.3 is 0 Å². The van der Waals surface area contributed by atoms with Crippen molar-refractivity contribution in [2.75, 3.05) is 13.1 Å². The van der Waals surface area contributed by atoms with E-state index < -0.39 is 0 Å². The van der Waals surface area contributed by atoms with Crippen LogP contribution in [0.1, 0.15) is 56.1 Å². The first-order valence-corrected chi connectivity index (χ1v) is 9.24. The van der Waals surface area contributed by atoms with E-state index in [0.29, 0.717) is 6.04 Å². The molecule has 1 aromatic rings. The van der Waals surface area contributed by atoms with Gasteiger partial charge in [-0.1, -0.05) is 42.7 Å². The van der Waals surface area contributed by atoms with E-state index in [9.17, 15) is 0 Å². The highest BCUT2D eigenvalue weighted by molar-refractivity contribution is 5.22. The van der Waals surface area contributed by atoms with Gasteiger partial charge in [0.1, 0.15) is 0 Å². The lowest BCUT2D eigenvalue weighted by molar-refractivity contribution is 0.150. The maximum Gasteiger partial charge on any atom is 0.0233 e. The third kappa shape index (κ3) is 4.33. The first kappa shape index (κ1) is 16.0. The standard InChI is InChI=1S/C20H32N2/c1-16-6-4-7-17(12-16)14-22-11-5-8-18(15-22)13-20(21)19-9-2-3-10-19/h4,6-7,12,18-20H,2-3,5,8-11,13-15,21H2,1H3. The molecule has 2 nitrogen and oxygen atoms in total. The Kier molecular flexibility index (Phi) is 5.54. The Bertz CT molecular complexity index is 465. The number of nitrogens with zero attached hydrogens (tertiary/aromatic N) is 1. The van der Waals surface area contributed by atoms with Crippen molar-refractivity contribution in [2.45, 2.75) is 64.5 Å². The molecular weight excluding hydrogens is 268 g/mol. The van der Waals surface area contributed by atoms with Crippen molar-refractivity contribution in [3.63, 3.8) is 0 Å². The van der Waals surface area contributed by atoms with E-state index >= 15 is 0 Å². The molecule has 1 saturated carbocycles. The summed E-state index contributed by atoms with van der Waals surface area (Å²) in [6.45, 7) is 5.79. The summed E-state index contributed by atoms with van der Waals surface area (Å²) in [5.74, 6) is 1.63. The molecule has 2 fully saturated rings. The molecule has 1 saturated heterocycles. The van der Waals surface area contributed by atoms with Crippen molar-refractivity contribution < 1.29 is 0 Å². The van der Waals surface area contributed by atoms with Crippen LogP contribution in [0, 0.1) is 18.8 Å². The monoisotopic (exact) mass is 300 g/mol. The van der Waals surface area contributed by atoms with Crippen LogP contribution in [0.25, 0.3) is 0 Å². The van der Waals surface area contributed by atoms with Gasteiger partial charge in [-0.3, -0.25) is 4.90 Å². The first-order valence-electron chi connectivity index (χ1n) is 9.24. The van der Waals surface area contributed by atoms with Gasteiger partial charge in [-0.2, -0.15) is 0 Å². The second-order valence-corrected chi connectivity index (χ2v) is 7.68. The van der Waals surface area contributed by atoms with Crippen LogP contribution in [0.2, 0.25) is 0 Å². The van der Waals surface area contributed by atoms with Gasteiger partial charge in [0, 0.05) is 19.1 Å². The van der Waals surface area contributed by atoms with E-state index in [0.717, 1.165) is 18.4 Å². The van der Waals surface area contributed by atoms with Gasteiger partial charge in [0.2, 0.25) is 0 Å². The zero-order valence-corrected chi connectivity index (χ0v) is 14.1. The molecule has 0 bridgehead atoms. The zero-order valence-electron chi connectivity index (χ0n) is 14.1. The third-order valence-electron chi connectivity index (χ3n) is 5.70. The molecule has 2 atom stereocenters. The first-order chi connectivity index (χ1) is 10.7. The fourth-order valence-corrected chi connectivity index (χ4v) is 4.52. The minimum absolute atomic E-state index is 0.450. The lowest BCUT2D eigenvalue weighted by Gasteiger charge is -2.35. The second kappa shape index (κ2) is 7.61. The molecule has 2 aliphatic rings. The SMILES string of the molecule is Cc1cccc(CN2CCCC(CC(N)C3CCCC3)C2)c1. The molecule has 2 unspecified atom stereocenters. The van der Waals surface area contributed by atoms with Crippen LogP contribution in [-0.4, -0.2) is 24.0 Å². The number of piperidine rings is 1. The number of aryl methyl sites for hydroxylation is 1. The van der Waals surface area contributed by atoms with Gasteiger partial charge < -0.3 is 5.73 Å². The molecule has 0 aromatic heterocycles. The smallest absolute Gasteiger partial charge is 0.0233 e. The molecule has 2 N–H and O–H groups in total. The molecular formula is C20H32N2. The van der Waals surface area contributed by atoms with Gasteiger partial charge in [-0.15, -0.1) is 0 Å². The molecule has 1 heterocycles. The van der Waals surface area contributed by atoms with E-state index in [2.05, 4.69) is 36.1 Å². The van der Waals surface area contributed by atoms with Crippen LogP contribution in [-0.2, 0) is 6.54 Å². The Morgan fingerprint density at radius 3 is 2.77 bits per heavy atom. The highest BCUT2D eigenvalue weighted by Gasteiger charge is 2.27. The predicted octanol–water partition coefficient (Wildman–Crippen LogP) is 4.11. The molecule has 0 amide bonds. The minimum atomic E-state index is 0.450. The van der Waals surface area contributed by atoms with Crippen LogP contribution in [0.15, 0.2) is 24.3 Å². The average molecular weight is 300 g/mol. The van der Waals surface area contributed by atoms with E-state index in [1.807, 2.05) is 0 Å². The number of nitrogens with two attached hydrogens (primary N) is 1. The van der Waals surface area contributed by atoms with E-state index in [4.69, 9.17) is 5.73 Å². The summed E-state index contributed by atoms with van der Waals surface area (Å²) in [7, 11) is 0. The molecule has 122 valence electrons. The van der Waals surface area contributed by atoms with Crippen molar-refractivity contribution in [3.05, 3.63) is 35.4 Å². The number of hydrogen-bond acceptors (Lipinski definition) is 2. The summed E-state index contributed by atoms with van der Waals surface area (Å²) in [6.07, 6.45) is 9.53. The van der Waals surface area contributed by atoms with E-state index in [-0.39, 0.29) is 0 Å². The number of likely N-dealkylation sites (tertiary alicyclic amines) is 1. The van der Waals surface area contributed by atoms with Crippen LogP contribution < -0.4 is 5.73 Å². The Morgan fingerprint density at radius 2 is 2.00 bits per heavy atom. The normalized spacial score (nSPS) is 25.5. The Hall–Kier alpha value is -0.860. The molecule has 1 aliphatic carbocycles. The van der Waals surface area contributed by atoms with Crippen molar-refractivity contribution in [3.8, 4) is 0 Å². The largest absolute Gasteiger partial charge is 0.327 e. The Labute approximate surface area is 136 Å². The summed E-state index contributed by atoms with van der Waals surface area (Å²) in [4.78, 5) is 2.64. The topological polar surface area (TPSA) is 29.3 Å². The van der Waals surface area contributed by atoms with Crippen molar-refractivity contribution in [1.82, 2.24) is 4.90 Å². The van der Waals surface area contributed by atoms with Crippen LogP contribution >= 0.6 is 0 Å². The highest BCUT2D eigenvalue weighted by atomic mass is 15.1. The summed E-state index contributed by atoms with van der Waals surface area (Å²) in [6, 6.07) is 9.41. The minimum Gasteiger partial charge on any atom is -0.327 e. The van der Waals surface area contributed by atoms with Crippen molar-refractivity contribution in [1.29, 1.82) is 0 Å². The Balaban J connectivity index is 1.50. The summed E-state index contributed by atoms with van der Waals surface area (Å²) < 4.78 is 0.